The number of hydrogen-bond acceptors (Lipinski definition) is 4. The summed E-state index contributed by atoms with van der Waals surface area (Å²) in [6.07, 6.45) is 3.60. The van der Waals surface area contributed by atoms with E-state index in [1.54, 1.807) is 12.3 Å². The van der Waals surface area contributed by atoms with Crippen molar-refractivity contribution >= 4 is 28.7 Å². The largest absolute Gasteiger partial charge is 0.388 e. The van der Waals surface area contributed by atoms with E-state index >= 15 is 0 Å². The summed E-state index contributed by atoms with van der Waals surface area (Å²) < 4.78 is 1.89. The molecule has 0 saturated carbocycles. The second-order valence-corrected chi connectivity index (χ2v) is 4.63. The van der Waals surface area contributed by atoms with E-state index in [0.717, 1.165) is 11.5 Å². The standard InChI is InChI=1S/C12H15N5S/c1-8(2)17-6-4-11(16-17)15-9-3-5-14-10(7-9)12(13)18/h3-8H,1-2H3,(H2,13,18)(H,14,15,16). The van der Waals surface area contributed by atoms with E-state index in [2.05, 4.69) is 29.2 Å². The third kappa shape index (κ3) is 2.84. The highest BCUT2D eigenvalue weighted by Gasteiger charge is 2.04. The topological polar surface area (TPSA) is 68.8 Å². The predicted molar refractivity (Wildman–Crippen MR) is 76.0 cm³/mol. The van der Waals surface area contributed by atoms with Gasteiger partial charge in [-0.05, 0) is 26.0 Å². The summed E-state index contributed by atoms with van der Waals surface area (Å²) in [7, 11) is 0. The number of nitrogens with two attached hydrogens (primary N) is 1. The molecule has 0 atom stereocenters. The van der Waals surface area contributed by atoms with Crippen LogP contribution in [-0.4, -0.2) is 19.8 Å². The van der Waals surface area contributed by atoms with Gasteiger partial charge in [-0.1, -0.05) is 12.2 Å². The lowest BCUT2D eigenvalue weighted by Gasteiger charge is -2.06. The molecule has 2 aromatic rings. The van der Waals surface area contributed by atoms with Crippen LogP contribution in [0.2, 0.25) is 0 Å². The second kappa shape index (κ2) is 5.14. The fourth-order valence-corrected chi connectivity index (χ4v) is 1.59. The fraction of sp³-hybridized carbons (Fsp3) is 0.250. The molecule has 0 amide bonds. The molecule has 0 aromatic carbocycles. The highest BCUT2D eigenvalue weighted by atomic mass is 32.1. The lowest BCUT2D eigenvalue weighted by atomic mass is 10.3. The molecule has 2 heterocycles. The molecule has 0 fully saturated rings. The normalized spacial score (nSPS) is 10.6. The number of nitrogens with zero attached hydrogens (tertiary/aromatic N) is 3. The van der Waals surface area contributed by atoms with Gasteiger partial charge in [-0.3, -0.25) is 9.67 Å². The highest BCUT2D eigenvalue weighted by Crippen LogP contribution is 2.16. The lowest BCUT2D eigenvalue weighted by Crippen LogP contribution is -2.11. The van der Waals surface area contributed by atoms with Crippen molar-refractivity contribution in [1.29, 1.82) is 0 Å². The number of thiocarbonyl (C=S) groups is 1. The Balaban J connectivity index is 2.17. The van der Waals surface area contributed by atoms with Crippen LogP contribution in [0.25, 0.3) is 0 Å². The van der Waals surface area contributed by atoms with Crippen LogP contribution in [-0.2, 0) is 0 Å². The zero-order chi connectivity index (χ0) is 13.1. The Kier molecular flexibility index (Phi) is 3.57. The molecule has 18 heavy (non-hydrogen) atoms. The van der Waals surface area contributed by atoms with Crippen LogP contribution >= 0.6 is 12.2 Å². The number of anilines is 2. The Hall–Kier alpha value is -1.95. The van der Waals surface area contributed by atoms with Gasteiger partial charge in [0.1, 0.15) is 4.99 Å². The van der Waals surface area contributed by atoms with Gasteiger partial charge < -0.3 is 11.1 Å². The zero-order valence-corrected chi connectivity index (χ0v) is 11.1. The predicted octanol–water partition coefficient (Wildman–Crippen LogP) is 2.24. The first-order chi connectivity index (χ1) is 8.56. The first kappa shape index (κ1) is 12.5. The van der Waals surface area contributed by atoms with Gasteiger partial charge in [0.15, 0.2) is 5.82 Å². The first-order valence-electron chi connectivity index (χ1n) is 5.64. The van der Waals surface area contributed by atoms with E-state index in [4.69, 9.17) is 18.0 Å². The molecule has 0 radical (unpaired) electrons. The number of nitrogens with one attached hydrogen (secondary N) is 1. The number of rotatable bonds is 4. The third-order valence-electron chi connectivity index (χ3n) is 2.42. The van der Waals surface area contributed by atoms with Gasteiger partial charge in [0.25, 0.3) is 0 Å². The van der Waals surface area contributed by atoms with Gasteiger partial charge in [-0.2, -0.15) is 5.10 Å². The fourth-order valence-electron chi connectivity index (χ4n) is 1.48. The molecule has 5 nitrogen and oxygen atoms in total. The molecule has 3 N–H and O–H groups in total. The smallest absolute Gasteiger partial charge is 0.152 e. The van der Waals surface area contributed by atoms with E-state index in [0.29, 0.717) is 11.7 Å². The summed E-state index contributed by atoms with van der Waals surface area (Å²) in [6.45, 7) is 4.16. The van der Waals surface area contributed by atoms with Crippen molar-refractivity contribution in [1.82, 2.24) is 14.8 Å². The maximum atomic E-state index is 5.54. The monoisotopic (exact) mass is 261 g/mol. The number of aromatic nitrogens is 3. The molecule has 0 aliphatic heterocycles. The van der Waals surface area contributed by atoms with Gasteiger partial charge in [-0.25, -0.2) is 0 Å². The van der Waals surface area contributed by atoms with Gasteiger partial charge >= 0.3 is 0 Å². The average molecular weight is 261 g/mol. The Morgan fingerprint density at radius 2 is 2.22 bits per heavy atom. The van der Waals surface area contributed by atoms with E-state index in [1.807, 2.05) is 23.0 Å². The molecule has 2 rings (SSSR count). The van der Waals surface area contributed by atoms with Crippen LogP contribution in [0, 0.1) is 0 Å². The molecule has 2 aromatic heterocycles. The number of pyridine rings is 1. The molecule has 0 aliphatic carbocycles. The summed E-state index contributed by atoms with van der Waals surface area (Å²) in [5, 5.41) is 7.59. The Morgan fingerprint density at radius 3 is 2.83 bits per heavy atom. The van der Waals surface area contributed by atoms with Gasteiger partial charge in [0, 0.05) is 30.2 Å². The third-order valence-corrected chi connectivity index (χ3v) is 2.63. The van der Waals surface area contributed by atoms with Crippen LogP contribution in [0.15, 0.2) is 30.6 Å². The summed E-state index contributed by atoms with van der Waals surface area (Å²) in [5.74, 6) is 0.781. The summed E-state index contributed by atoms with van der Waals surface area (Å²) in [4.78, 5) is 4.37. The Morgan fingerprint density at radius 1 is 1.44 bits per heavy atom. The lowest BCUT2D eigenvalue weighted by molar-refractivity contribution is 0.534. The maximum absolute atomic E-state index is 5.54. The van der Waals surface area contributed by atoms with Crippen molar-refractivity contribution in [3.05, 3.63) is 36.3 Å². The minimum atomic E-state index is 0.284. The second-order valence-electron chi connectivity index (χ2n) is 4.19. The van der Waals surface area contributed by atoms with Crippen LogP contribution in [0.1, 0.15) is 25.6 Å². The van der Waals surface area contributed by atoms with E-state index < -0.39 is 0 Å². The molecular weight excluding hydrogens is 246 g/mol. The van der Waals surface area contributed by atoms with Gasteiger partial charge in [0.2, 0.25) is 0 Å². The Bertz CT molecular complexity index is 561. The van der Waals surface area contributed by atoms with Crippen LogP contribution < -0.4 is 11.1 Å². The molecule has 0 saturated heterocycles. The summed E-state index contributed by atoms with van der Waals surface area (Å²) in [6, 6.07) is 5.90. The molecule has 6 heteroatoms. The van der Waals surface area contributed by atoms with E-state index in [1.165, 1.54) is 0 Å². The SMILES string of the molecule is CC(C)n1ccc(Nc2ccnc(C(N)=S)c2)n1. The maximum Gasteiger partial charge on any atom is 0.152 e. The van der Waals surface area contributed by atoms with E-state index in [9.17, 15) is 0 Å². The summed E-state index contributed by atoms with van der Waals surface area (Å²) >= 11 is 4.89. The molecule has 0 aliphatic rings. The quantitative estimate of drug-likeness (QED) is 0.826. The molecular formula is C12H15N5S. The van der Waals surface area contributed by atoms with Crippen molar-refractivity contribution in [2.75, 3.05) is 5.32 Å². The van der Waals surface area contributed by atoms with Crippen LogP contribution in [0.3, 0.4) is 0 Å². The van der Waals surface area contributed by atoms with Crippen LogP contribution in [0.4, 0.5) is 11.5 Å². The first-order valence-corrected chi connectivity index (χ1v) is 6.05. The van der Waals surface area contributed by atoms with Crippen molar-refractivity contribution in [2.45, 2.75) is 19.9 Å². The van der Waals surface area contributed by atoms with Gasteiger partial charge in [-0.15, -0.1) is 0 Å². The van der Waals surface area contributed by atoms with Crippen LogP contribution in [0.5, 0.6) is 0 Å². The van der Waals surface area contributed by atoms with Crippen molar-refractivity contribution in [3.63, 3.8) is 0 Å². The average Bonchev–Trinajstić information content (AvgIpc) is 2.78. The minimum Gasteiger partial charge on any atom is -0.388 e. The van der Waals surface area contributed by atoms with Gasteiger partial charge in [0.05, 0.1) is 5.69 Å². The molecule has 0 spiro atoms. The van der Waals surface area contributed by atoms with E-state index in [-0.39, 0.29) is 4.99 Å². The minimum absolute atomic E-state index is 0.284. The zero-order valence-electron chi connectivity index (χ0n) is 10.3. The molecule has 94 valence electrons. The molecule has 0 unspecified atom stereocenters. The van der Waals surface area contributed by atoms with Crippen molar-refractivity contribution in [3.8, 4) is 0 Å². The Labute approximate surface area is 111 Å². The van der Waals surface area contributed by atoms with Crippen molar-refractivity contribution in [2.24, 2.45) is 5.73 Å². The number of hydrogen-bond donors (Lipinski definition) is 2. The summed E-state index contributed by atoms with van der Waals surface area (Å²) in [5.41, 5.74) is 7.00. The van der Waals surface area contributed by atoms with Crippen molar-refractivity contribution < 1.29 is 0 Å². The molecule has 0 bridgehead atoms. The highest BCUT2D eigenvalue weighted by molar-refractivity contribution is 7.80.